The van der Waals surface area contributed by atoms with Gasteiger partial charge >= 0.3 is 0 Å². The fourth-order valence-electron chi connectivity index (χ4n) is 2.76. The lowest BCUT2D eigenvalue weighted by Gasteiger charge is -2.14. The van der Waals surface area contributed by atoms with Crippen LogP contribution in [0.3, 0.4) is 0 Å². The van der Waals surface area contributed by atoms with Crippen LogP contribution < -0.4 is 4.74 Å². The number of imidazole rings is 1. The lowest BCUT2D eigenvalue weighted by Crippen LogP contribution is -2.14. The maximum absolute atomic E-state index is 10.4. The van der Waals surface area contributed by atoms with E-state index in [0.29, 0.717) is 19.6 Å². The van der Waals surface area contributed by atoms with Gasteiger partial charge in [0.1, 0.15) is 24.3 Å². The zero-order chi connectivity index (χ0) is 16.1. The van der Waals surface area contributed by atoms with Crippen LogP contribution in [0, 0.1) is 0 Å². The summed E-state index contributed by atoms with van der Waals surface area (Å²) in [6.45, 7) is 3.26. The quantitative estimate of drug-likeness (QED) is 0.719. The molecular formula is C19H22N2O2. The average molecular weight is 310 g/mol. The number of rotatable bonds is 7. The Hall–Kier alpha value is -2.33. The molecule has 0 aliphatic rings. The summed E-state index contributed by atoms with van der Waals surface area (Å²) in [5, 5.41) is 10.4. The molecule has 0 bridgehead atoms. The van der Waals surface area contributed by atoms with E-state index in [-0.39, 0.29) is 0 Å². The molecule has 23 heavy (non-hydrogen) atoms. The molecule has 4 nitrogen and oxygen atoms in total. The number of para-hydroxylation sites is 3. The van der Waals surface area contributed by atoms with Crippen LogP contribution in [-0.2, 0) is 6.54 Å². The van der Waals surface area contributed by atoms with Crippen LogP contribution in [0.25, 0.3) is 11.0 Å². The average Bonchev–Trinajstić information content (AvgIpc) is 2.95. The summed E-state index contributed by atoms with van der Waals surface area (Å²) in [6.07, 6.45) is 1.09. The van der Waals surface area contributed by atoms with Crippen molar-refractivity contribution in [3.8, 4) is 5.75 Å². The van der Waals surface area contributed by atoms with E-state index in [1.54, 1.807) is 0 Å². The molecule has 1 N–H and O–H groups in total. The maximum Gasteiger partial charge on any atom is 0.138 e. The molecule has 2 aromatic carbocycles. The van der Waals surface area contributed by atoms with Crippen molar-refractivity contribution >= 4 is 11.0 Å². The molecule has 1 aromatic heterocycles. The van der Waals surface area contributed by atoms with Gasteiger partial charge in [-0.2, -0.15) is 0 Å². The first-order valence-electron chi connectivity index (χ1n) is 8.10. The van der Waals surface area contributed by atoms with Crippen LogP contribution in [0.4, 0.5) is 0 Å². The molecule has 0 spiro atoms. The minimum atomic E-state index is -0.538. The van der Waals surface area contributed by atoms with Gasteiger partial charge in [0, 0.05) is 0 Å². The Morgan fingerprint density at radius 3 is 2.61 bits per heavy atom. The third-order valence-corrected chi connectivity index (χ3v) is 3.87. The summed E-state index contributed by atoms with van der Waals surface area (Å²) in [7, 11) is 0. The van der Waals surface area contributed by atoms with Crippen LogP contribution in [-0.4, -0.2) is 21.3 Å². The number of fused-ring (bicyclic) bond motifs is 1. The molecule has 0 saturated heterocycles. The second-order valence-corrected chi connectivity index (χ2v) is 5.58. The summed E-state index contributed by atoms with van der Waals surface area (Å²) < 4.78 is 7.86. The molecule has 120 valence electrons. The summed E-state index contributed by atoms with van der Waals surface area (Å²) in [4.78, 5) is 4.61. The Labute approximate surface area is 136 Å². The Morgan fingerprint density at radius 1 is 1.09 bits per heavy atom. The van der Waals surface area contributed by atoms with Crippen LogP contribution in [0.15, 0.2) is 54.6 Å². The standard InChI is InChI=1S/C19H22N2O2/c1-2-8-18(22)19-20-16-11-6-7-12-17(16)21(19)13-14-23-15-9-4-3-5-10-15/h3-7,9-12,18,22H,2,8,13-14H2,1H3. The van der Waals surface area contributed by atoms with E-state index in [2.05, 4.69) is 16.5 Å². The minimum Gasteiger partial charge on any atom is -0.492 e. The van der Waals surface area contributed by atoms with Crippen molar-refractivity contribution < 1.29 is 9.84 Å². The van der Waals surface area contributed by atoms with Crippen LogP contribution in [0.1, 0.15) is 31.7 Å². The minimum absolute atomic E-state index is 0.538. The Morgan fingerprint density at radius 2 is 1.83 bits per heavy atom. The van der Waals surface area contributed by atoms with E-state index in [9.17, 15) is 5.11 Å². The topological polar surface area (TPSA) is 47.3 Å². The fraction of sp³-hybridized carbons (Fsp3) is 0.316. The lowest BCUT2D eigenvalue weighted by atomic mass is 10.2. The molecule has 1 heterocycles. The van der Waals surface area contributed by atoms with Gasteiger partial charge in [-0.05, 0) is 30.7 Å². The van der Waals surface area contributed by atoms with Crippen molar-refractivity contribution in [2.75, 3.05) is 6.61 Å². The molecule has 0 radical (unpaired) electrons. The van der Waals surface area contributed by atoms with Crippen molar-refractivity contribution in [1.82, 2.24) is 9.55 Å². The number of aromatic nitrogens is 2. The molecule has 3 aromatic rings. The molecular weight excluding hydrogens is 288 g/mol. The van der Waals surface area contributed by atoms with Crippen LogP contribution >= 0.6 is 0 Å². The van der Waals surface area contributed by atoms with Gasteiger partial charge in [0.25, 0.3) is 0 Å². The SMILES string of the molecule is CCCC(O)c1nc2ccccc2n1CCOc1ccccc1. The Balaban J connectivity index is 1.81. The zero-order valence-electron chi connectivity index (χ0n) is 13.4. The first kappa shape index (κ1) is 15.6. The summed E-state index contributed by atoms with van der Waals surface area (Å²) in [5.74, 6) is 1.58. The summed E-state index contributed by atoms with van der Waals surface area (Å²) >= 11 is 0. The third kappa shape index (κ3) is 3.54. The highest BCUT2D eigenvalue weighted by molar-refractivity contribution is 5.76. The van der Waals surface area contributed by atoms with Crippen LogP contribution in [0.2, 0.25) is 0 Å². The number of hydrogen-bond acceptors (Lipinski definition) is 3. The molecule has 4 heteroatoms. The van der Waals surface area contributed by atoms with Crippen molar-refractivity contribution in [3.63, 3.8) is 0 Å². The van der Waals surface area contributed by atoms with Gasteiger partial charge < -0.3 is 14.4 Å². The van der Waals surface area contributed by atoms with Crippen molar-refractivity contribution in [2.24, 2.45) is 0 Å². The number of aliphatic hydroxyl groups is 1. The molecule has 0 fully saturated rings. The predicted octanol–water partition coefficient (Wildman–Crippen LogP) is 3.95. The van der Waals surface area contributed by atoms with Crippen molar-refractivity contribution in [1.29, 1.82) is 0 Å². The van der Waals surface area contributed by atoms with Crippen molar-refractivity contribution in [2.45, 2.75) is 32.4 Å². The van der Waals surface area contributed by atoms with Crippen LogP contribution in [0.5, 0.6) is 5.75 Å². The van der Waals surface area contributed by atoms with E-state index < -0.39 is 6.10 Å². The molecule has 3 rings (SSSR count). The van der Waals surface area contributed by atoms with E-state index in [1.165, 1.54) is 0 Å². The van der Waals surface area contributed by atoms with Gasteiger partial charge in [-0.3, -0.25) is 0 Å². The highest BCUT2D eigenvalue weighted by Crippen LogP contribution is 2.23. The first-order valence-corrected chi connectivity index (χ1v) is 8.10. The van der Waals surface area contributed by atoms with Gasteiger partial charge in [-0.15, -0.1) is 0 Å². The van der Waals surface area contributed by atoms with Gasteiger partial charge in [-0.25, -0.2) is 4.98 Å². The third-order valence-electron chi connectivity index (χ3n) is 3.87. The largest absolute Gasteiger partial charge is 0.492 e. The van der Waals surface area contributed by atoms with E-state index in [1.807, 2.05) is 54.6 Å². The fourth-order valence-corrected chi connectivity index (χ4v) is 2.76. The number of nitrogens with zero attached hydrogens (tertiary/aromatic N) is 2. The second-order valence-electron chi connectivity index (χ2n) is 5.58. The normalized spacial score (nSPS) is 12.4. The van der Waals surface area contributed by atoms with Gasteiger partial charge in [0.05, 0.1) is 17.6 Å². The molecule has 0 saturated carbocycles. The molecule has 0 aliphatic carbocycles. The Kier molecular flexibility index (Phi) is 4.93. The zero-order valence-corrected chi connectivity index (χ0v) is 13.4. The number of ether oxygens (including phenoxy) is 1. The molecule has 1 unspecified atom stereocenters. The predicted molar refractivity (Wildman–Crippen MR) is 91.5 cm³/mol. The van der Waals surface area contributed by atoms with E-state index >= 15 is 0 Å². The van der Waals surface area contributed by atoms with Gasteiger partial charge in [-0.1, -0.05) is 43.7 Å². The lowest BCUT2D eigenvalue weighted by molar-refractivity contribution is 0.151. The number of hydrogen-bond donors (Lipinski definition) is 1. The number of aliphatic hydroxyl groups excluding tert-OH is 1. The summed E-state index contributed by atoms with van der Waals surface area (Å²) in [6, 6.07) is 17.7. The highest BCUT2D eigenvalue weighted by Gasteiger charge is 2.17. The Bertz CT molecular complexity index is 752. The summed E-state index contributed by atoms with van der Waals surface area (Å²) in [5.41, 5.74) is 1.95. The highest BCUT2D eigenvalue weighted by atomic mass is 16.5. The van der Waals surface area contributed by atoms with Gasteiger partial charge in [0.15, 0.2) is 0 Å². The molecule has 0 amide bonds. The second kappa shape index (κ2) is 7.29. The van der Waals surface area contributed by atoms with E-state index in [4.69, 9.17) is 4.74 Å². The van der Waals surface area contributed by atoms with Gasteiger partial charge in [0.2, 0.25) is 0 Å². The van der Waals surface area contributed by atoms with E-state index in [0.717, 1.165) is 29.0 Å². The maximum atomic E-state index is 10.4. The smallest absolute Gasteiger partial charge is 0.138 e. The molecule has 1 atom stereocenters. The monoisotopic (exact) mass is 310 g/mol. The number of benzene rings is 2. The first-order chi connectivity index (χ1) is 11.3. The molecule has 0 aliphatic heterocycles. The van der Waals surface area contributed by atoms with Crippen molar-refractivity contribution in [3.05, 3.63) is 60.4 Å².